The van der Waals surface area contributed by atoms with Crippen molar-refractivity contribution in [1.29, 1.82) is 0 Å². The highest BCUT2D eigenvalue weighted by Crippen LogP contribution is 2.26. The molecule has 22 heavy (non-hydrogen) atoms. The van der Waals surface area contributed by atoms with Crippen LogP contribution in [0.1, 0.15) is 19.3 Å². The number of benzene rings is 1. The molecule has 0 radical (unpaired) electrons. The third kappa shape index (κ3) is 3.28. The number of amides is 1. The van der Waals surface area contributed by atoms with E-state index < -0.39 is 0 Å². The van der Waals surface area contributed by atoms with Crippen LogP contribution in [-0.2, 0) is 11.8 Å². The van der Waals surface area contributed by atoms with E-state index in [0.29, 0.717) is 0 Å². The van der Waals surface area contributed by atoms with E-state index in [2.05, 4.69) is 15.5 Å². The van der Waals surface area contributed by atoms with Crippen LogP contribution in [0.3, 0.4) is 0 Å². The zero-order valence-electron chi connectivity index (χ0n) is 12.4. The van der Waals surface area contributed by atoms with Crippen LogP contribution >= 0.6 is 12.4 Å². The van der Waals surface area contributed by atoms with Gasteiger partial charge in [-0.2, -0.15) is 0 Å². The Morgan fingerprint density at radius 2 is 2.23 bits per heavy atom. The first-order valence-corrected chi connectivity index (χ1v) is 7.16. The molecule has 1 heterocycles. The fraction of sp³-hybridized carbons (Fsp3) is 0.400. The third-order valence-corrected chi connectivity index (χ3v) is 4.01. The number of nitrogens with zero attached hydrogens (tertiary/aromatic N) is 3. The van der Waals surface area contributed by atoms with E-state index in [4.69, 9.17) is 5.73 Å². The lowest BCUT2D eigenvalue weighted by Crippen LogP contribution is -2.34. The number of nitrogens with two attached hydrogens (primary N) is 1. The Labute approximate surface area is 135 Å². The maximum absolute atomic E-state index is 12.3. The molecule has 0 spiro atoms. The molecule has 118 valence electrons. The minimum atomic E-state index is -0.0801. The van der Waals surface area contributed by atoms with Gasteiger partial charge in [0.25, 0.3) is 0 Å². The van der Waals surface area contributed by atoms with Crippen LogP contribution in [0.2, 0.25) is 0 Å². The first kappa shape index (κ1) is 16.5. The molecule has 2 atom stereocenters. The zero-order valence-corrected chi connectivity index (χ0v) is 13.2. The number of aryl methyl sites for hydroxylation is 1. The number of rotatable bonds is 3. The Kier molecular flexibility index (Phi) is 5.15. The highest BCUT2D eigenvalue weighted by Gasteiger charge is 2.30. The zero-order chi connectivity index (χ0) is 14.8. The number of aromatic nitrogens is 3. The molecule has 1 aliphatic carbocycles. The van der Waals surface area contributed by atoms with Crippen molar-refractivity contribution in [3.05, 3.63) is 30.6 Å². The number of nitrogens with one attached hydrogen (secondary N) is 1. The molecular weight excluding hydrogens is 302 g/mol. The highest BCUT2D eigenvalue weighted by atomic mass is 35.5. The Morgan fingerprint density at radius 3 is 2.86 bits per heavy atom. The number of hydrogen-bond donors (Lipinski definition) is 2. The predicted molar refractivity (Wildman–Crippen MR) is 87.6 cm³/mol. The summed E-state index contributed by atoms with van der Waals surface area (Å²) >= 11 is 0. The van der Waals surface area contributed by atoms with Crippen LogP contribution in [0.15, 0.2) is 30.6 Å². The predicted octanol–water partition coefficient (Wildman–Crippen LogP) is 1.97. The molecule has 2 aromatic rings. The number of carbonyl (C=O) groups excluding carboxylic acids is 1. The second-order valence-corrected chi connectivity index (χ2v) is 5.54. The van der Waals surface area contributed by atoms with Gasteiger partial charge in [0.1, 0.15) is 6.33 Å². The van der Waals surface area contributed by atoms with Gasteiger partial charge >= 0.3 is 0 Å². The van der Waals surface area contributed by atoms with E-state index in [1.807, 2.05) is 35.9 Å². The second-order valence-electron chi connectivity index (χ2n) is 5.54. The summed E-state index contributed by atoms with van der Waals surface area (Å²) in [6, 6.07) is 7.60. The van der Waals surface area contributed by atoms with E-state index >= 15 is 0 Å². The van der Waals surface area contributed by atoms with Crippen molar-refractivity contribution in [2.75, 3.05) is 5.32 Å². The van der Waals surface area contributed by atoms with Crippen LogP contribution in [0.25, 0.3) is 11.4 Å². The smallest absolute Gasteiger partial charge is 0.229 e. The Balaban J connectivity index is 0.00000176. The summed E-state index contributed by atoms with van der Waals surface area (Å²) in [5.41, 5.74) is 7.66. The largest absolute Gasteiger partial charge is 0.327 e. The van der Waals surface area contributed by atoms with Gasteiger partial charge < -0.3 is 15.6 Å². The molecular formula is C15H20ClN5O. The van der Waals surface area contributed by atoms with Crippen molar-refractivity contribution < 1.29 is 4.79 Å². The lowest BCUT2D eigenvalue weighted by molar-refractivity contribution is -0.120. The first-order chi connectivity index (χ1) is 10.1. The van der Waals surface area contributed by atoms with Gasteiger partial charge in [0, 0.05) is 24.3 Å². The number of halogens is 1. The minimum absolute atomic E-state index is 0. The molecule has 2 unspecified atom stereocenters. The monoisotopic (exact) mass is 321 g/mol. The quantitative estimate of drug-likeness (QED) is 0.905. The number of hydrogen-bond acceptors (Lipinski definition) is 4. The van der Waals surface area contributed by atoms with Gasteiger partial charge in [0.2, 0.25) is 5.91 Å². The van der Waals surface area contributed by atoms with Gasteiger partial charge in [0.15, 0.2) is 5.82 Å². The summed E-state index contributed by atoms with van der Waals surface area (Å²) in [6.45, 7) is 0. The molecule has 1 aliphatic rings. The van der Waals surface area contributed by atoms with Gasteiger partial charge in [-0.05, 0) is 25.0 Å². The van der Waals surface area contributed by atoms with Gasteiger partial charge in [-0.25, -0.2) is 0 Å². The van der Waals surface area contributed by atoms with Crippen LogP contribution < -0.4 is 11.1 Å². The summed E-state index contributed by atoms with van der Waals surface area (Å²) in [7, 11) is 1.89. The molecule has 0 bridgehead atoms. The average Bonchev–Trinajstić information content (AvgIpc) is 3.07. The number of anilines is 1. The summed E-state index contributed by atoms with van der Waals surface area (Å²) in [6.07, 6.45) is 4.48. The lowest BCUT2D eigenvalue weighted by atomic mass is 10.0. The van der Waals surface area contributed by atoms with Crippen molar-refractivity contribution in [1.82, 2.24) is 14.8 Å². The van der Waals surface area contributed by atoms with Crippen LogP contribution in [-0.4, -0.2) is 26.7 Å². The molecule has 1 aromatic heterocycles. The standard InChI is InChI=1S/C15H19N5O.ClH/c1-20-9-17-19-14(20)10-4-2-5-11(8-10)18-15(21)12-6-3-7-13(12)16;/h2,4-5,8-9,12-13H,3,6-7,16H2,1H3,(H,18,21);1H. The van der Waals surface area contributed by atoms with Gasteiger partial charge in [-0.1, -0.05) is 18.6 Å². The third-order valence-electron chi connectivity index (χ3n) is 4.01. The molecule has 7 heteroatoms. The first-order valence-electron chi connectivity index (χ1n) is 7.16. The second kappa shape index (κ2) is 6.89. The molecule has 1 amide bonds. The Morgan fingerprint density at radius 1 is 1.41 bits per heavy atom. The molecule has 1 fully saturated rings. The van der Waals surface area contributed by atoms with Crippen LogP contribution in [0.4, 0.5) is 5.69 Å². The molecule has 1 aromatic carbocycles. The number of carbonyl (C=O) groups is 1. The van der Waals surface area contributed by atoms with Gasteiger partial charge in [-0.15, -0.1) is 22.6 Å². The van der Waals surface area contributed by atoms with E-state index in [9.17, 15) is 4.79 Å². The molecule has 3 rings (SSSR count). The fourth-order valence-electron chi connectivity index (χ4n) is 2.83. The molecule has 3 N–H and O–H groups in total. The average molecular weight is 322 g/mol. The van der Waals surface area contributed by atoms with Crippen molar-refractivity contribution in [2.45, 2.75) is 25.3 Å². The van der Waals surface area contributed by atoms with Crippen molar-refractivity contribution >= 4 is 24.0 Å². The van der Waals surface area contributed by atoms with E-state index in [1.165, 1.54) is 0 Å². The van der Waals surface area contributed by atoms with Crippen LogP contribution in [0.5, 0.6) is 0 Å². The van der Waals surface area contributed by atoms with E-state index in [0.717, 1.165) is 36.3 Å². The SMILES string of the molecule is Cl.Cn1cnnc1-c1cccc(NC(=O)C2CCCC2N)c1. The van der Waals surface area contributed by atoms with E-state index in [-0.39, 0.29) is 30.3 Å². The van der Waals surface area contributed by atoms with Gasteiger partial charge in [-0.3, -0.25) is 4.79 Å². The topological polar surface area (TPSA) is 85.8 Å². The molecule has 6 nitrogen and oxygen atoms in total. The van der Waals surface area contributed by atoms with Crippen molar-refractivity contribution in [3.8, 4) is 11.4 Å². The Hall–Kier alpha value is -1.92. The summed E-state index contributed by atoms with van der Waals surface area (Å²) < 4.78 is 1.84. The minimum Gasteiger partial charge on any atom is -0.327 e. The summed E-state index contributed by atoms with van der Waals surface area (Å²) in [5, 5.41) is 10.9. The van der Waals surface area contributed by atoms with E-state index in [1.54, 1.807) is 6.33 Å². The fourth-order valence-corrected chi connectivity index (χ4v) is 2.83. The Bertz CT molecular complexity index is 657. The summed E-state index contributed by atoms with van der Waals surface area (Å²) in [5.74, 6) is 0.697. The molecule has 1 saturated carbocycles. The molecule has 0 aliphatic heterocycles. The van der Waals surface area contributed by atoms with Gasteiger partial charge in [0.05, 0.1) is 5.92 Å². The molecule has 0 saturated heterocycles. The van der Waals surface area contributed by atoms with Crippen molar-refractivity contribution in [3.63, 3.8) is 0 Å². The lowest BCUT2D eigenvalue weighted by Gasteiger charge is -2.15. The highest BCUT2D eigenvalue weighted by molar-refractivity contribution is 5.93. The van der Waals surface area contributed by atoms with Crippen LogP contribution in [0, 0.1) is 5.92 Å². The van der Waals surface area contributed by atoms with Crippen molar-refractivity contribution in [2.24, 2.45) is 18.7 Å². The maximum Gasteiger partial charge on any atom is 0.229 e. The normalized spacial score (nSPS) is 20.5. The maximum atomic E-state index is 12.3. The summed E-state index contributed by atoms with van der Waals surface area (Å²) in [4.78, 5) is 12.3.